The van der Waals surface area contributed by atoms with Crippen LogP contribution < -0.4 is 14.8 Å². The van der Waals surface area contributed by atoms with E-state index < -0.39 is 26.6 Å². The largest absolute Gasteiger partial charge is 0.496 e. The van der Waals surface area contributed by atoms with Gasteiger partial charge < -0.3 is 10.1 Å². The minimum atomic E-state index is -4.08. The van der Waals surface area contributed by atoms with Crippen molar-refractivity contribution in [2.75, 3.05) is 13.7 Å². The summed E-state index contributed by atoms with van der Waals surface area (Å²) in [5.74, 6) is -0.859. The van der Waals surface area contributed by atoms with E-state index in [0.717, 1.165) is 17.7 Å². The molecule has 0 aromatic heterocycles. The van der Waals surface area contributed by atoms with Crippen molar-refractivity contribution in [3.63, 3.8) is 0 Å². The molecule has 0 fully saturated rings. The summed E-state index contributed by atoms with van der Waals surface area (Å²) in [6, 6.07) is 10.3. The fourth-order valence-corrected chi connectivity index (χ4v) is 3.32. The Morgan fingerprint density at radius 2 is 2.00 bits per heavy atom. The van der Waals surface area contributed by atoms with Gasteiger partial charge in [0.05, 0.1) is 7.11 Å². The van der Waals surface area contributed by atoms with E-state index in [2.05, 4.69) is 16.6 Å². The molecular weight excluding hydrogens is 359 g/mol. The predicted molar refractivity (Wildman–Crippen MR) is 95.9 cm³/mol. The van der Waals surface area contributed by atoms with Gasteiger partial charge in [0.2, 0.25) is 10.0 Å². The number of sulfonamides is 1. The number of halogens is 1. The third-order valence-electron chi connectivity index (χ3n) is 3.53. The number of ether oxygens (including phenoxy) is 1. The number of nitrogens with one attached hydrogen (secondary N) is 2. The lowest BCUT2D eigenvalue weighted by atomic mass is 10.1. The number of carbonyl (C=O) groups is 1. The van der Waals surface area contributed by atoms with Crippen molar-refractivity contribution in [2.45, 2.75) is 11.4 Å². The van der Waals surface area contributed by atoms with E-state index in [1.54, 1.807) is 24.3 Å². The van der Waals surface area contributed by atoms with Gasteiger partial charge in [0.15, 0.2) is 0 Å². The standard InChI is InChI=1S/C18H19FN2O4S/c1-3-10-21-26(23,24)17-11-13(8-9-15(17)19)18(22)20-12-14-6-4-5-7-16(14)25-2/h3-9,11,21H,1,10,12H2,2H3,(H,20,22). The minimum absolute atomic E-state index is 0.0280. The van der Waals surface area contributed by atoms with E-state index in [-0.39, 0.29) is 18.7 Å². The van der Waals surface area contributed by atoms with Crippen LogP contribution in [0.4, 0.5) is 4.39 Å². The fraction of sp³-hybridized carbons (Fsp3) is 0.167. The summed E-state index contributed by atoms with van der Waals surface area (Å²) in [5.41, 5.74) is 0.784. The zero-order valence-corrected chi connectivity index (χ0v) is 15.0. The molecule has 0 heterocycles. The predicted octanol–water partition coefficient (Wildman–Crippen LogP) is 2.23. The molecule has 0 aliphatic carbocycles. The lowest BCUT2D eigenvalue weighted by Crippen LogP contribution is -2.26. The number of para-hydroxylation sites is 1. The molecule has 2 aromatic rings. The van der Waals surface area contributed by atoms with Crippen molar-refractivity contribution in [1.29, 1.82) is 0 Å². The van der Waals surface area contributed by atoms with Crippen LogP contribution >= 0.6 is 0 Å². The van der Waals surface area contributed by atoms with Gasteiger partial charge in [-0.2, -0.15) is 0 Å². The molecule has 138 valence electrons. The van der Waals surface area contributed by atoms with Crippen LogP contribution in [-0.4, -0.2) is 28.0 Å². The maximum atomic E-state index is 13.9. The first-order chi connectivity index (χ1) is 12.4. The maximum Gasteiger partial charge on any atom is 0.251 e. The number of carbonyl (C=O) groups excluding carboxylic acids is 1. The van der Waals surface area contributed by atoms with E-state index in [1.165, 1.54) is 19.3 Å². The molecule has 0 saturated carbocycles. The molecular formula is C18H19FN2O4S. The summed E-state index contributed by atoms with van der Waals surface area (Å²) in [4.78, 5) is 11.7. The van der Waals surface area contributed by atoms with Gasteiger partial charge in [0.25, 0.3) is 5.91 Å². The molecule has 0 aliphatic rings. The summed E-state index contributed by atoms with van der Waals surface area (Å²) in [6.45, 7) is 3.53. The van der Waals surface area contributed by atoms with E-state index in [1.807, 2.05) is 0 Å². The molecule has 0 bridgehead atoms. The summed E-state index contributed by atoms with van der Waals surface area (Å²) in [7, 11) is -2.56. The lowest BCUT2D eigenvalue weighted by molar-refractivity contribution is 0.0950. The van der Waals surface area contributed by atoms with Crippen LogP contribution in [0.5, 0.6) is 5.75 Å². The van der Waals surface area contributed by atoms with Crippen LogP contribution in [0.15, 0.2) is 60.0 Å². The normalized spacial score (nSPS) is 11.0. The Bertz CT molecular complexity index is 913. The first kappa shape index (κ1) is 19.6. The molecule has 6 nitrogen and oxygen atoms in total. The molecule has 1 amide bonds. The highest BCUT2D eigenvalue weighted by Crippen LogP contribution is 2.18. The molecule has 26 heavy (non-hydrogen) atoms. The van der Waals surface area contributed by atoms with Crippen molar-refractivity contribution in [3.05, 3.63) is 72.1 Å². The van der Waals surface area contributed by atoms with Crippen LogP contribution in [0.1, 0.15) is 15.9 Å². The Hall–Kier alpha value is -2.71. The lowest BCUT2D eigenvalue weighted by Gasteiger charge is -2.11. The molecule has 2 rings (SSSR count). The van der Waals surface area contributed by atoms with Crippen molar-refractivity contribution >= 4 is 15.9 Å². The quantitative estimate of drug-likeness (QED) is 0.690. The third-order valence-corrected chi connectivity index (χ3v) is 4.97. The topological polar surface area (TPSA) is 84.5 Å². The smallest absolute Gasteiger partial charge is 0.251 e. The Labute approximate surface area is 151 Å². The Morgan fingerprint density at radius 1 is 1.27 bits per heavy atom. The van der Waals surface area contributed by atoms with Gasteiger partial charge in [-0.3, -0.25) is 4.79 Å². The summed E-state index contributed by atoms with van der Waals surface area (Å²) < 4.78 is 45.5. The highest BCUT2D eigenvalue weighted by atomic mass is 32.2. The van der Waals surface area contributed by atoms with Crippen molar-refractivity contribution in [2.24, 2.45) is 0 Å². The average Bonchev–Trinajstić information content (AvgIpc) is 2.64. The molecule has 0 aliphatic heterocycles. The van der Waals surface area contributed by atoms with Gasteiger partial charge in [-0.15, -0.1) is 6.58 Å². The maximum absolute atomic E-state index is 13.9. The Kier molecular flexibility index (Phi) is 6.48. The molecule has 0 radical (unpaired) electrons. The summed E-state index contributed by atoms with van der Waals surface area (Å²) >= 11 is 0. The second-order valence-corrected chi connectivity index (χ2v) is 7.02. The highest BCUT2D eigenvalue weighted by molar-refractivity contribution is 7.89. The van der Waals surface area contributed by atoms with Crippen LogP contribution in [0.25, 0.3) is 0 Å². The molecule has 8 heteroatoms. The summed E-state index contributed by atoms with van der Waals surface area (Å²) in [6.07, 6.45) is 1.33. The third kappa shape index (κ3) is 4.68. The monoisotopic (exact) mass is 378 g/mol. The molecule has 2 N–H and O–H groups in total. The average molecular weight is 378 g/mol. The molecule has 2 aromatic carbocycles. The number of methoxy groups -OCH3 is 1. The van der Waals surface area contributed by atoms with Gasteiger partial charge in [-0.25, -0.2) is 17.5 Å². The second-order valence-electron chi connectivity index (χ2n) is 5.28. The SMILES string of the molecule is C=CCNS(=O)(=O)c1cc(C(=O)NCc2ccccc2OC)ccc1F. The van der Waals surface area contributed by atoms with Crippen LogP contribution in [-0.2, 0) is 16.6 Å². The number of rotatable bonds is 8. The van der Waals surface area contributed by atoms with E-state index in [9.17, 15) is 17.6 Å². The van der Waals surface area contributed by atoms with E-state index in [4.69, 9.17) is 4.74 Å². The first-order valence-corrected chi connectivity index (χ1v) is 9.17. The van der Waals surface area contributed by atoms with Gasteiger partial charge in [0, 0.05) is 24.2 Å². The van der Waals surface area contributed by atoms with Crippen LogP contribution in [0.2, 0.25) is 0 Å². The zero-order valence-electron chi connectivity index (χ0n) is 14.2. The molecule has 0 atom stereocenters. The zero-order chi connectivity index (χ0) is 19.2. The number of amides is 1. The van der Waals surface area contributed by atoms with Crippen molar-refractivity contribution in [1.82, 2.24) is 10.0 Å². The second kappa shape index (κ2) is 8.59. The molecule has 0 unspecified atom stereocenters. The fourth-order valence-electron chi connectivity index (χ4n) is 2.22. The van der Waals surface area contributed by atoms with Gasteiger partial charge in [-0.1, -0.05) is 24.3 Å². The molecule has 0 saturated heterocycles. The Morgan fingerprint density at radius 3 is 2.69 bits per heavy atom. The minimum Gasteiger partial charge on any atom is -0.496 e. The van der Waals surface area contributed by atoms with Crippen molar-refractivity contribution in [3.8, 4) is 5.75 Å². The summed E-state index contributed by atoms with van der Waals surface area (Å²) in [5, 5.41) is 2.66. The van der Waals surface area contributed by atoms with Crippen LogP contribution in [0, 0.1) is 5.82 Å². The number of benzene rings is 2. The van der Waals surface area contributed by atoms with Gasteiger partial charge >= 0.3 is 0 Å². The highest BCUT2D eigenvalue weighted by Gasteiger charge is 2.20. The van der Waals surface area contributed by atoms with Crippen LogP contribution in [0.3, 0.4) is 0 Å². The van der Waals surface area contributed by atoms with E-state index >= 15 is 0 Å². The van der Waals surface area contributed by atoms with Crippen molar-refractivity contribution < 1.29 is 22.3 Å². The first-order valence-electron chi connectivity index (χ1n) is 7.69. The molecule has 0 spiro atoms. The van der Waals surface area contributed by atoms with Gasteiger partial charge in [0.1, 0.15) is 16.5 Å². The van der Waals surface area contributed by atoms with Gasteiger partial charge in [-0.05, 0) is 24.3 Å². The number of hydrogen-bond acceptors (Lipinski definition) is 4. The number of hydrogen-bond donors (Lipinski definition) is 2. The Balaban J connectivity index is 2.19. The van der Waals surface area contributed by atoms with E-state index in [0.29, 0.717) is 5.75 Å².